The SMILES string of the molecule is CCN1CCN(CC2CCC(NC(=O)c3cc4c(C)nn(C5CCOCC5)c4s3)CC2)CC1=O. The zero-order valence-corrected chi connectivity index (χ0v) is 21.2. The Bertz CT molecular complexity index is 1020. The first-order chi connectivity index (χ1) is 16.5. The molecular formula is C25H37N5O3S. The van der Waals surface area contributed by atoms with Crippen LogP contribution in [-0.4, -0.2) is 83.4 Å². The zero-order chi connectivity index (χ0) is 23.7. The fourth-order valence-corrected chi connectivity index (χ4v) is 6.86. The number of thiophene rings is 1. The van der Waals surface area contributed by atoms with E-state index in [1.807, 2.05) is 24.8 Å². The molecule has 2 saturated heterocycles. The molecule has 0 radical (unpaired) electrons. The van der Waals surface area contributed by atoms with Crippen molar-refractivity contribution in [1.82, 2.24) is 24.9 Å². The van der Waals surface area contributed by atoms with Crippen molar-refractivity contribution in [2.24, 2.45) is 5.92 Å². The molecule has 8 nitrogen and oxygen atoms in total. The molecule has 2 aliphatic heterocycles. The first-order valence-corrected chi connectivity index (χ1v) is 13.7. The highest BCUT2D eigenvalue weighted by Crippen LogP contribution is 2.33. The molecule has 0 aromatic carbocycles. The molecule has 9 heteroatoms. The molecule has 0 atom stereocenters. The van der Waals surface area contributed by atoms with E-state index < -0.39 is 0 Å². The number of hydrogen-bond donors (Lipinski definition) is 1. The van der Waals surface area contributed by atoms with Gasteiger partial charge in [0.2, 0.25) is 5.91 Å². The molecule has 34 heavy (non-hydrogen) atoms. The maximum atomic E-state index is 13.1. The molecular weight excluding hydrogens is 450 g/mol. The van der Waals surface area contributed by atoms with Gasteiger partial charge in [0.25, 0.3) is 5.91 Å². The predicted molar refractivity (Wildman–Crippen MR) is 133 cm³/mol. The van der Waals surface area contributed by atoms with Gasteiger partial charge in [-0.2, -0.15) is 5.10 Å². The smallest absolute Gasteiger partial charge is 0.261 e. The quantitative estimate of drug-likeness (QED) is 0.677. The third kappa shape index (κ3) is 5.02. The van der Waals surface area contributed by atoms with E-state index in [2.05, 4.69) is 14.9 Å². The second-order valence-electron chi connectivity index (χ2n) is 10.1. The Morgan fingerprint density at radius 2 is 1.94 bits per heavy atom. The number of amides is 2. The first kappa shape index (κ1) is 23.8. The summed E-state index contributed by atoms with van der Waals surface area (Å²) >= 11 is 1.57. The van der Waals surface area contributed by atoms with Gasteiger partial charge >= 0.3 is 0 Å². The Kier molecular flexibility index (Phi) is 7.22. The number of ether oxygens (including phenoxy) is 1. The number of nitrogens with zero attached hydrogens (tertiary/aromatic N) is 4. The van der Waals surface area contributed by atoms with Crippen molar-refractivity contribution in [2.45, 2.75) is 64.5 Å². The third-order valence-corrected chi connectivity index (χ3v) is 8.93. The number of likely N-dealkylation sites (N-methyl/N-ethyl adjacent to an activating group) is 1. The summed E-state index contributed by atoms with van der Waals surface area (Å²) in [6.07, 6.45) is 6.19. The van der Waals surface area contributed by atoms with Crippen molar-refractivity contribution >= 4 is 33.4 Å². The van der Waals surface area contributed by atoms with Crippen LogP contribution >= 0.6 is 11.3 Å². The minimum Gasteiger partial charge on any atom is -0.381 e. The van der Waals surface area contributed by atoms with Gasteiger partial charge in [0.1, 0.15) is 4.83 Å². The van der Waals surface area contributed by atoms with Gasteiger partial charge < -0.3 is 15.0 Å². The van der Waals surface area contributed by atoms with Crippen molar-refractivity contribution in [2.75, 3.05) is 45.9 Å². The van der Waals surface area contributed by atoms with Crippen molar-refractivity contribution in [1.29, 1.82) is 0 Å². The van der Waals surface area contributed by atoms with Crippen molar-refractivity contribution in [3.63, 3.8) is 0 Å². The summed E-state index contributed by atoms with van der Waals surface area (Å²) in [4.78, 5) is 31.4. The van der Waals surface area contributed by atoms with Gasteiger partial charge in [0, 0.05) is 50.8 Å². The van der Waals surface area contributed by atoms with Gasteiger partial charge in [0.15, 0.2) is 0 Å². The average molecular weight is 488 g/mol. The van der Waals surface area contributed by atoms with Gasteiger partial charge in [-0.1, -0.05) is 0 Å². The summed E-state index contributed by atoms with van der Waals surface area (Å²) in [6.45, 7) is 9.82. The lowest BCUT2D eigenvalue weighted by Crippen LogP contribution is -2.51. The lowest BCUT2D eigenvalue weighted by Gasteiger charge is -2.37. The van der Waals surface area contributed by atoms with Crippen LogP contribution in [0.2, 0.25) is 0 Å². The number of piperazine rings is 1. The van der Waals surface area contributed by atoms with Crippen molar-refractivity contribution in [3.05, 3.63) is 16.6 Å². The molecule has 2 amide bonds. The van der Waals surface area contributed by atoms with Gasteiger partial charge in [-0.3, -0.25) is 19.2 Å². The highest BCUT2D eigenvalue weighted by atomic mass is 32.1. The predicted octanol–water partition coefficient (Wildman–Crippen LogP) is 3.21. The van der Waals surface area contributed by atoms with E-state index >= 15 is 0 Å². The van der Waals surface area contributed by atoms with Crippen LogP contribution in [0.5, 0.6) is 0 Å². The Morgan fingerprint density at radius 1 is 1.18 bits per heavy atom. The van der Waals surface area contributed by atoms with Gasteiger partial charge in [-0.15, -0.1) is 11.3 Å². The first-order valence-electron chi connectivity index (χ1n) is 12.9. The second kappa shape index (κ2) is 10.3. The summed E-state index contributed by atoms with van der Waals surface area (Å²) < 4.78 is 7.64. The number of nitrogens with one attached hydrogen (secondary N) is 1. The summed E-state index contributed by atoms with van der Waals surface area (Å²) in [6, 6.07) is 2.61. The fourth-order valence-electron chi connectivity index (χ4n) is 5.72. The third-order valence-electron chi connectivity index (χ3n) is 7.81. The van der Waals surface area contributed by atoms with Crippen LogP contribution in [0.25, 0.3) is 10.2 Å². The van der Waals surface area contributed by atoms with Gasteiger partial charge in [-0.05, 0) is 64.4 Å². The fraction of sp³-hybridized carbons (Fsp3) is 0.720. The number of aryl methyl sites for hydroxylation is 1. The molecule has 0 unspecified atom stereocenters. The van der Waals surface area contributed by atoms with E-state index in [0.29, 0.717) is 18.5 Å². The Morgan fingerprint density at radius 3 is 2.65 bits per heavy atom. The van der Waals surface area contributed by atoms with Crippen molar-refractivity contribution in [3.8, 4) is 0 Å². The Balaban J connectivity index is 1.14. The van der Waals surface area contributed by atoms with Crippen molar-refractivity contribution < 1.29 is 14.3 Å². The molecule has 0 spiro atoms. The van der Waals surface area contributed by atoms with E-state index in [9.17, 15) is 9.59 Å². The lowest BCUT2D eigenvalue weighted by molar-refractivity contribution is -0.136. The van der Waals surface area contributed by atoms with E-state index in [4.69, 9.17) is 9.84 Å². The topological polar surface area (TPSA) is 79.7 Å². The summed E-state index contributed by atoms with van der Waals surface area (Å²) in [5, 5.41) is 9.17. The summed E-state index contributed by atoms with van der Waals surface area (Å²) in [5.74, 6) is 0.920. The standard InChI is InChI=1S/C25H37N5O3S/c1-3-29-11-10-28(16-23(29)31)15-18-4-6-19(7-5-18)26-24(32)22-14-21-17(2)27-30(25(21)34-22)20-8-12-33-13-9-20/h14,18-20H,3-13,15-16H2,1-2H3,(H,26,32). The van der Waals surface area contributed by atoms with Crippen LogP contribution in [-0.2, 0) is 9.53 Å². The lowest BCUT2D eigenvalue weighted by atomic mass is 9.85. The normalized spacial score (nSPS) is 25.2. The van der Waals surface area contributed by atoms with Crippen LogP contribution in [0.15, 0.2) is 6.07 Å². The largest absolute Gasteiger partial charge is 0.381 e. The van der Waals surface area contributed by atoms with Crippen LogP contribution in [0, 0.1) is 12.8 Å². The number of fused-ring (bicyclic) bond motifs is 1. The van der Waals surface area contributed by atoms with Crippen LogP contribution in [0.3, 0.4) is 0 Å². The van der Waals surface area contributed by atoms with E-state index in [-0.39, 0.29) is 17.9 Å². The molecule has 3 fully saturated rings. The molecule has 4 heterocycles. The molecule has 2 aromatic heterocycles. The van der Waals surface area contributed by atoms with Gasteiger partial charge in [0.05, 0.1) is 23.2 Å². The summed E-state index contributed by atoms with van der Waals surface area (Å²) in [5.41, 5.74) is 0.996. The van der Waals surface area contributed by atoms with Gasteiger partial charge in [-0.25, -0.2) is 0 Å². The molecule has 1 N–H and O–H groups in total. The number of carbonyl (C=O) groups excluding carboxylic acids is 2. The molecule has 1 aliphatic carbocycles. The minimum absolute atomic E-state index is 0.0452. The minimum atomic E-state index is 0.0452. The number of carbonyl (C=O) groups is 2. The van der Waals surface area contributed by atoms with Crippen LogP contribution in [0.4, 0.5) is 0 Å². The number of hydrogen-bond acceptors (Lipinski definition) is 6. The second-order valence-corrected chi connectivity index (χ2v) is 11.1. The maximum Gasteiger partial charge on any atom is 0.261 e. The molecule has 5 rings (SSSR count). The van der Waals surface area contributed by atoms with Crippen LogP contribution < -0.4 is 5.32 Å². The summed E-state index contributed by atoms with van der Waals surface area (Å²) in [7, 11) is 0. The molecule has 3 aliphatic rings. The van der Waals surface area contributed by atoms with E-state index in [0.717, 1.165) is 98.7 Å². The Hall–Kier alpha value is -1.97. The highest BCUT2D eigenvalue weighted by molar-refractivity contribution is 7.20. The molecule has 2 aromatic rings. The van der Waals surface area contributed by atoms with Crippen LogP contribution in [0.1, 0.15) is 66.9 Å². The highest BCUT2D eigenvalue weighted by Gasteiger charge is 2.29. The maximum absolute atomic E-state index is 13.1. The number of aromatic nitrogens is 2. The Labute approximate surface area is 205 Å². The molecule has 1 saturated carbocycles. The average Bonchev–Trinajstić information content (AvgIpc) is 3.42. The molecule has 0 bridgehead atoms. The van der Waals surface area contributed by atoms with E-state index in [1.54, 1.807) is 11.3 Å². The molecule has 186 valence electrons. The monoisotopic (exact) mass is 487 g/mol. The van der Waals surface area contributed by atoms with E-state index in [1.165, 1.54) is 0 Å². The zero-order valence-electron chi connectivity index (χ0n) is 20.4. The number of rotatable bonds is 6.